The van der Waals surface area contributed by atoms with E-state index in [4.69, 9.17) is 0 Å². The summed E-state index contributed by atoms with van der Waals surface area (Å²) in [4.78, 5) is 0. The maximum Gasteiger partial charge on any atom is 0.0747 e. The van der Waals surface area contributed by atoms with Gasteiger partial charge in [0.2, 0.25) is 0 Å². The normalized spacial score (nSPS) is 15.4. The van der Waals surface area contributed by atoms with Gasteiger partial charge in [0.15, 0.2) is 0 Å². The molecule has 1 atom stereocenters. The molecule has 2 heteroatoms. The van der Waals surface area contributed by atoms with Crippen LogP contribution < -0.4 is 0 Å². The minimum atomic E-state index is -0.699. The van der Waals surface area contributed by atoms with Crippen molar-refractivity contribution in [1.29, 1.82) is 0 Å². The first kappa shape index (κ1) is 10.6. The summed E-state index contributed by atoms with van der Waals surface area (Å²) in [7, 11) is 0. The Labute approximate surface area is 85.2 Å². The summed E-state index contributed by atoms with van der Waals surface area (Å²) < 4.78 is 0. The zero-order chi connectivity index (χ0) is 9.90. The van der Waals surface area contributed by atoms with Crippen LogP contribution in [-0.4, -0.2) is 16.5 Å². The average Bonchev–Trinajstić information content (AvgIpc) is 2.09. The molecule has 0 aliphatic heterocycles. The number of hydrogen-bond donors (Lipinski definition) is 2. The van der Waals surface area contributed by atoms with E-state index in [0.29, 0.717) is 12.2 Å². The lowest BCUT2D eigenvalue weighted by atomic mass is 9.95. The monoisotopic (exact) mass is 196 g/mol. The standard InChI is InChI=1S/C11H16OS/c1-9-5-3-4-6-10(9)7-11(2,12)8-13/h3-6,12-13H,7-8H2,1-2H3. The van der Waals surface area contributed by atoms with Gasteiger partial charge >= 0.3 is 0 Å². The molecule has 0 amide bonds. The van der Waals surface area contributed by atoms with Gasteiger partial charge in [-0.05, 0) is 25.0 Å². The highest BCUT2D eigenvalue weighted by molar-refractivity contribution is 7.80. The first-order chi connectivity index (χ1) is 6.05. The highest BCUT2D eigenvalue weighted by Gasteiger charge is 2.19. The highest BCUT2D eigenvalue weighted by Crippen LogP contribution is 2.17. The molecule has 0 heterocycles. The molecule has 72 valence electrons. The maximum atomic E-state index is 9.82. The molecule has 0 saturated carbocycles. The van der Waals surface area contributed by atoms with Gasteiger partial charge in [0.25, 0.3) is 0 Å². The van der Waals surface area contributed by atoms with Crippen LogP contribution in [0.15, 0.2) is 24.3 Å². The zero-order valence-electron chi connectivity index (χ0n) is 8.12. The van der Waals surface area contributed by atoms with E-state index in [1.807, 2.05) is 25.1 Å². The fourth-order valence-corrected chi connectivity index (χ4v) is 1.39. The Balaban J connectivity index is 2.80. The third kappa shape index (κ3) is 3.05. The van der Waals surface area contributed by atoms with Gasteiger partial charge in [-0.15, -0.1) is 0 Å². The van der Waals surface area contributed by atoms with Crippen molar-refractivity contribution in [2.75, 3.05) is 5.75 Å². The largest absolute Gasteiger partial charge is 0.389 e. The lowest BCUT2D eigenvalue weighted by molar-refractivity contribution is 0.0863. The molecule has 0 spiro atoms. The van der Waals surface area contributed by atoms with Crippen LogP contribution in [0.3, 0.4) is 0 Å². The van der Waals surface area contributed by atoms with Crippen LogP contribution in [0.5, 0.6) is 0 Å². The predicted octanol–water partition coefficient (Wildman–Crippen LogP) is 2.22. The molecular formula is C11H16OS. The molecular weight excluding hydrogens is 180 g/mol. The van der Waals surface area contributed by atoms with Crippen LogP contribution in [0, 0.1) is 6.92 Å². The van der Waals surface area contributed by atoms with Crippen LogP contribution >= 0.6 is 12.6 Å². The lowest BCUT2D eigenvalue weighted by Gasteiger charge is -2.21. The first-order valence-corrected chi connectivity index (χ1v) is 5.06. The van der Waals surface area contributed by atoms with E-state index in [1.54, 1.807) is 0 Å². The molecule has 1 nitrogen and oxygen atoms in total. The zero-order valence-corrected chi connectivity index (χ0v) is 9.01. The minimum absolute atomic E-state index is 0.487. The van der Waals surface area contributed by atoms with Gasteiger partial charge in [0.1, 0.15) is 0 Å². The van der Waals surface area contributed by atoms with Crippen LogP contribution in [0.1, 0.15) is 18.1 Å². The van der Waals surface area contributed by atoms with Crippen LogP contribution in [-0.2, 0) is 6.42 Å². The third-order valence-electron chi connectivity index (χ3n) is 2.17. The van der Waals surface area contributed by atoms with Gasteiger partial charge in [0, 0.05) is 12.2 Å². The number of aryl methyl sites for hydroxylation is 1. The molecule has 1 N–H and O–H groups in total. The van der Waals surface area contributed by atoms with Crippen LogP contribution in [0.4, 0.5) is 0 Å². The number of hydrogen-bond acceptors (Lipinski definition) is 2. The molecule has 1 aromatic carbocycles. The molecule has 1 aromatic rings. The Hall–Kier alpha value is -0.470. The second kappa shape index (κ2) is 4.16. The highest BCUT2D eigenvalue weighted by atomic mass is 32.1. The number of thiol groups is 1. The van der Waals surface area contributed by atoms with Gasteiger partial charge in [-0.1, -0.05) is 24.3 Å². The van der Waals surface area contributed by atoms with Crippen molar-refractivity contribution >= 4 is 12.6 Å². The molecule has 0 saturated heterocycles. The van der Waals surface area contributed by atoms with Gasteiger partial charge in [-0.3, -0.25) is 0 Å². The molecule has 1 rings (SSSR count). The summed E-state index contributed by atoms with van der Waals surface area (Å²) in [5, 5.41) is 9.82. The van der Waals surface area contributed by atoms with E-state index < -0.39 is 5.60 Å². The van der Waals surface area contributed by atoms with Gasteiger partial charge in [0.05, 0.1) is 5.60 Å². The summed E-state index contributed by atoms with van der Waals surface area (Å²) in [5.41, 5.74) is 1.72. The van der Waals surface area contributed by atoms with E-state index in [1.165, 1.54) is 11.1 Å². The summed E-state index contributed by atoms with van der Waals surface area (Å²) in [6, 6.07) is 8.11. The van der Waals surface area contributed by atoms with Crippen LogP contribution in [0.2, 0.25) is 0 Å². The van der Waals surface area contributed by atoms with Crippen molar-refractivity contribution in [2.45, 2.75) is 25.9 Å². The second-order valence-corrected chi connectivity index (χ2v) is 4.07. The van der Waals surface area contributed by atoms with Crippen molar-refractivity contribution in [2.24, 2.45) is 0 Å². The second-order valence-electron chi connectivity index (χ2n) is 3.76. The smallest absolute Gasteiger partial charge is 0.0747 e. The maximum absolute atomic E-state index is 9.82. The van der Waals surface area contributed by atoms with E-state index in [-0.39, 0.29) is 0 Å². The summed E-state index contributed by atoms with van der Waals surface area (Å²) >= 11 is 4.12. The van der Waals surface area contributed by atoms with Crippen molar-refractivity contribution in [1.82, 2.24) is 0 Å². The predicted molar refractivity (Wildman–Crippen MR) is 59.4 cm³/mol. The molecule has 0 bridgehead atoms. The Morgan fingerprint density at radius 3 is 2.54 bits per heavy atom. The third-order valence-corrected chi connectivity index (χ3v) is 2.85. The molecule has 13 heavy (non-hydrogen) atoms. The number of benzene rings is 1. The Kier molecular flexibility index (Phi) is 3.40. The molecule has 0 fully saturated rings. The number of rotatable bonds is 3. The van der Waals surface area contributed by atoms with Crippen LogP contribution in [0.25, 0.3) is 0 Å². The van der Waals surface area contributed by atoms with Gasteiger partial charge < -0.3 is 5.11 Å². The van der Waals surface area contributed by atoms with Crippen molar-refractivity contribution in [3.8, 4) is 0 Å². The Morgan fingerprint density at radius 1 is 1.38 bits per heavy atom. The van der Waals surface area contributed by atoms with Crippen molar-refractivity contribution < 1.29 is 5.11 Å². The van der Waals surface area contributed by atoms with E-state index >= 15 is 0 Å². The van der Waals surface area contributed by atoms with Crippen molar-refractivity contribution in [3.63, 3.8) is 0 Å². The molecule has 0 aliphatic rings. The Morgan fingerprint density at radius 2 is 2.00 bits per heavy atom. The molecule has 0 radical (unpaired) electrons. The first-order valence-electron chi connectivity index (χ1n) is 4.43. The van der Waals surface area contributed by atoms with E-state index in [9.17, 15) is 5.11 Å². The van der Waals surface area contributed by atoms with Crippen molar-refractivity contribution in [3.05, 3.63) is 35.4 Å². The summed E-state index contributed by atoms with van der Waals surface area (Å²) in [6.07, 6.45) is 0.670. The van der Waals surface area contributed by atoms with E-state index in [0.717, 1.165) is 0 Å². The summed E-state index contributed by atoms with van der Waals surface area (Å²) in [6.45, 7) is 3.87. The Bertz CT molecular complexity index is 281. The fraction of sp³-hybridized carbons (Fsp3) is 0.455. The average molecular weight is 196 g/mol. The molecule has 1 unspecified atom stereocenters. The quantitative estimate of drug-likeness (QED) is 0.710. The van der Waals surface area contributed by atoms with E-state index in [2.05, 4.69) is 25.6 Å². The lowest BCUT2D eigenvalue weighted by Crippen LogP contribution is -2.29. The van der Waals surface area contributed by atoms with Gasteiger partial charge in [-0.25, -0.2) is 0 Å². The van der Waals surface area contributed by atoms with Gasteiger partial charge in [-0.2, -0.15) is 12.6 Å². The number of aliphatic hydroxyl groups is 1. The minimum Gasteiger partial charge on any atom is -0.389 e. The fourth-order valence-electron chi connectivity index (χ4n) is 1.27. The molecule has 0 aliphatic carbocycles. The topological polar surface area (TPSA) is 20.2 Å². The SMILES string of the molecule is Cc1ccccc1CC(C)(O)CS. The summed E-state index contributed by atoms with van der Waals surface area (Å²) in [5.74, 6) is 0.487. The molecule has 0 aromatic heterocycles.